The van der Waals surface area contributed by atoms with Gasteiger partial charge in [0, 0.05) is 6.04 Å². The first-order valence-electron chi connectivity index (χ1n) is 9.22. The van der Waals surface area contributed by atoms with Gasteiger partial charge in [0.2, 0.25) is 11.7 Å². The molecule has 0 spiro atoms. The molecule has 1 aromatic carbocycles. The Labute approximate surface area is 147 Å². The van der Waals surface area contributed by atoms with Crippen molar-refractivity contribution in [2.75, 3.05) is 6.54 Å². The lowest BCUT2D eigenvalue weighted by Gasteiger charge is -2.43. The Morgan fingerprint density at radius 3 is 2.80 bits per heavy atom. The molecule has 0 bridgehead atoms. The lowest BCUT2D eigenvalue weighted by atomic mass is 9.78. The van der Waals surface area contributed by atoms with Crippen LogP contribution in [-0.2, 0) is 13.2 Å². The smallest absolute Gasteiger partial charge is 0.240 e. The first kappa shape index (κ1) is 16.5. The van der Waals surface area contributed by atoms with Gasteiger partial charge in [-0.2, -0.15) is 4.98 Å². The number of rotatable bonds is 5. The molecule has 1 aliphatic carbocycles. The largest absolute Gasteiger partial charge is 0.485 e. The molecule has 25 heavy (non-hydrogen) atoms. The fraction of sp³-hybridized carbons (Fsp3) is 0.579. The van der Waals surface area contributed by atoms with Gasteiger partial charge in [-0.1, -0.05) is 18.0 Å². The van der Waals surface area contributed by atoms with E-state index in [-0.39, 0.29) is 12.4 Å². The maximum absolute atomic E-state index is 12.9. The monoisotopic (exact) mass is 345 g/mol. The summed E-state index contributed by atoms with van der Waals surface area (Å²) in [6.45, 7) is 2.07. The van der Waals surface area contributed by atoms with Gasteiger partial charge in [-0.05, 0) is 62.4 Å². The summed E-state index contributed by atoms with van der Waals surface area (Å²) < 4.78 is 23.9. The second kappa shape index (κ2) is 7.52. The van der Waals surface area contributed by atoms with Gasteiger partial charge in [0.25, 0.3) is 0 Å². The summed E-state index contributed by atoms with van der Waals surface area (Å²) in [6.07, 6.45) is 7.98. The van der Waals surface area contributed by atoms with E-state index in [1.165, 1.54) is 50.7 Å². The van der Waals surface area contributed by atoms with Crippen LogP contribution in [-0.4, -0.2) is 27.6 Å². The van der Waals surface area contributed by atoms with Crippen molar-refractivity contribution in [2.45, 2.75) is 57.7 Å². The molecule has 4 rings (SSSR count). The van der Waals surface area contributed by atoms with Gasteiger partial charge in [0.05, 0.1) is 6.54 Å². The molecular weight excluding hydrogens is 321 g/mol. The number of benzene rings is 1. The van der Waals surface area contributed by atoms with Gasteiger partial charge in [-0.25, -0.2) is 4.39 Å². The van der Waals surface area contributed by atoms with E-state index < -0.39 is 0 Å². The molecule has 0 radical (unpaired) electrons. The summed E-state index contributed by atoms with van der Waals surface area (Å²) >= 11 is 0. The van der Waals surface area contributed by atoms with Crippen molar-refractivity contribution in [2.24, 2.45) is 5.92 Å². The van der Waals surface area contributed by atoms with Crippen LogP contribution in [0.4, 0.5) is 4.39 Å². The van der Waals surface area contributed by atoms with Crippen molar-refractivity contribution in [3.05, 3.63) is 41.8 Å². The van der Waals surface area contributed by atoms with E-state index in [0.717, 1.165) is 19.0 Å². The summed E-state index contributed by atoms with van der Waals surface area (Å²) in [5.74, 6) is 2.33. The van der Waals surface area contributed by atoms with Gasteiger partial charge in [-0.15, -0.1) is 0 Å². The summed E-state index contributed by atoms with van der Waals surface area (Å²) in [7, 11) is 0. The quantitative estimate of drug-likeness (QED) is 0.821. The van der Waals surface area contributed by atoms with E-state index in [0.29, 0.717) is 23.5 Å². The van der Waals surface area contributed by atoms with Crippen molar-refractivity contribution in [1.29, 1.82) is 0 Å². The average Bonchev–Trinajstić information content (AvgIpc) is 3.09. The maximum atomic E-state index is 12.9. The molecule has 2 heterocycles. The molecule has 134 valence electrons. The molecule has 5 nitrogen and oxygen atoms in total. The number of hydrogen-bond donors (Lipinski definition) is 0. The van der Waals surface area contributed by atoms with Gasteiger partial charge in [0.1, 0.15) is 11.6 Å². The third-order valence-corrected chi connectivity index (χ3v) is 5.39. The Bertz CT molecular complexity index is 686. The Hall–Kier alpha value is -1.95. The van der Waals surface area contributed by atoms with Crippen LogP contribution in [0.25, 0.3) is 0 Å². The van der Waals surface area contributed by atoms with Crippen LogP contribution in [0.2, 0.25) is 0 Å². The standard InChI is InChI=1S/C19H24FN3O2/c20-15-7-9-16(10-8-15)24-13-18-21-19(25-22-18)12-23-11-3-5-14-4-1-2-6-17(14)23/h7-10,14,17H,1-6,11-13H2. The van der Waals surface area contributed by atoms with Crippen molar-refractivity contribution >= 4 is 0 Å². The topological polar surface area (TPSA) is 51.4 Å². The second-order valence-corrected chi connectivity index (χ2v) is 7.07. The number of hydrogen-bond acceptors (Lipinski definition) is 5. The Kier molecular flexibility index (Phi) is 4.97. The summed E-state index contributed by atoms with van der Waals surface area (Å²) in [5.41, 5.74) is 0. The van der Waals surface area contributed by atoms with Crippen LogP contribution < -0.4 is 4.74 Å². The Balaban J connectivity index is 1.33. The summed E-state index contributed by atoms with van der Waals surface area (Å²) in [6, 6.07) is 6.59. The molecule has 1 aromatic heterocycles. The average molecular weight is 345 g/mol. The van der Waals surface area contributed by atoms with Gasteiger partial charge in [-0.3, -0.25) is 4.90 Å². The lowest BCUT2D eigenvalue weighted by molar-refractivity contribution is 0.0466. The number of halogens is 1. The molecule has 2 unspecified atom stereocenters. The van der Waals surface area contributed by atoms with Gasteiger partial charge >= 0.3 is 0 Å². The molecule has 2 fully saturated rings. The fourth-order valence-electron chi connectivity index (χ4n) is 4.19. The first-order chi connectivity index (χ1) is 12.3. The summed E-state index contributed by atoms with van der Waals surface area (Å²) in [4.78, 5) is 6.98. The van der Waals surface area contributed by atoms with E-state index in [1.807, 2.05) is 0 Å². The van der Waals surface area contributed by atoms with Crippen molar-refractivity contribution in [1.82, 2.24) is 15.0 Å². The van der Waals surface area contributed by atoms with Crippen molar-refractivity contribution in [3.8, 4) is 5.75 Å². The van der Waals surface area contributed by atoms with E-state index in [2.05, 4.69) is 15.0 Å². The number of piperidine rings is 1. The van der Waals surface area contributed by atoms with Crippen molar-refractivity contribution in [3.63, 3.8) is 0 Å². The van der Waals surface area contributed by atoms with E-state index in [4.69, 9.17) is 9.26 Å². The zero-order valence-corrected chi connectivity index (χ0v) is 14.4. The minimum Gasteiger partial charge on any atom is -0.485 e. The highest BCUT2D eigenvalue weighted by atomic mass is 19.1. The van der Waals surface area contributed by atoms with Crippen LogP contribution in [0.15, 0.2) is 28.8 Å². The minimum absolute atomic E-state index is 0.223. The van der Waals surface area contributed by atoms with Crippen LogP contribution >= 0.6 is 0 Å². The van der Waals surface area contributed by atoms with Crippen LogP contribution in [0.1, 0.15) is 50.2 Å². The number of likely N-dealkylation sites (tertiary alicyclic amines) is 1. The molecule has 1 saturated heterocycles. The van der Waals surface area contributed by atoms with Gasteiger partial charge in [0.15, 0.2) is 6.61 Å². The van der Waals surface area contributed by atoms with Crippen LogP contribution in [0, 0.1) is 11.7 Å². The molecule has 6 heteroatoms. The molecule has 0 N–H and O–H groups in total. The van der Waals surface area contributed by atoms with Crippen molar-refractivity contribution < 1.29 is 13.7 Å². The Morgan fingerprint density at radius 2 is 1.92 bits per heavy atom. The van der Waals surface area contributed by atoms with E-state index in [1.54, 1.807) is 12.1 Å². The fourth-order valence-corrected chi connectivity index (χ4v) is 4.19. The lowest BCUT2D eigenvalue weighted by Crippen LogP contribution is -2.46. The highest BCUT2D eigenvalue weighted by Crippen LogP contribution is 2.35. The molecule has 1 saturated carbocycles. The van der Waals surface area contributed by atoms with E-state index >= 15 is 0 Å². The van der Waals surface area contributed by atoms with Crippen LogP contribution in [0.3, 0.4) is 0 Å². The molecule has 0 amide bonds. The van der Waals surface area contributed by atoms with Gasteiger partial charge < -0.3 is 9.26 Å². The zero-order chi connectivity index (χ0) is 17.1. The molecular formula is C19H24FN3O2. The number of nitrogens with zero attached hydrogens (tertiary/aromatic N) is 3. The molecule has 2 aromatic rings. The number of ether oxygens (including phenoxy) is 1. The highest BCUT2D eigenvalue weighted by molar-refractivity contribution is 5.22. The predicted molar refractivity (Wildman–Crippen MR) is 90.4 cm³/mol. The SMILES string of the molecule is Fc1ccc(OCc2noc(CN3CCCC4CCCCC43)n2)cc1. The predicted octanol–water partition coefficient (Wildman–Crippen LogP) is 3.94. The third-order valence-electron chi connectivity index (χ3n) is 5.39. The summed E-state index contributed by atoms with van der Waals surface area (Å²) in [5, 5.41) is 4.01. The zero-order valence-electron chi connectivity index (χ0n) is 14.4. The Morgan fingerprint density at radius 1 is 1.12 bits per heavy atom. The van der Waals surface area contributed by atoms with Crippen LogP contribution in [0.5, 0.6) is 5.75 Å². The minimum atomic E-state index is -0.281. The highest BCUT2D eigenvalue weighted by Gasteiger charge is 2.33. The first-order valence-corrected chi connectivity index (χ1v) is 9.22. The number of fused-ring (bicyclic) bond motifs is 1. The maximum Gasteiger partial charge on any atom is 0.240 e. The molecule has 2 atom stereocenters. The van der Waals surface area contributed by atoms with E-state index in [9.17, 15) is 4.39 Å². The third kappa shape index (κ3) is 4.00. The molecule has 2 aliphatic rings. The normalized spacial score (nSPS) is 24.0. The number of aromatic nitrogens is 2. The molecule has 1 aliphatic heterocycles. The second-order valence-electron chi connectivity index (χ2n) is 7.07.